The van der Waals surface area contributed by atoms with Gasteiger partial charge in [0.1, 0.15) is 16.8 Å². The van der Waals surface area contributed by atoms with Gasteiger partial charge >= 0.3 is 0 Å². The molecule has 1 aliphatic heterocycles. The summed E-state index contributed by atoms with van der Waals surface area (Å²) in [4.78, 5) is 10.7. The normalized spacial score (nSPS) is 21.8. The van der Waals surface area contributed by atoms with Crippen molar-refractivity contribution in [3.8, 4) is 0 Å². The number of ketones is 1. The summed E-state index contributed by atoms with van der Waals surface area (Å²) in [6.45, 7) is 3.84. The van der Waals surface area contributed by atoms with E-state index in [1.807, 2.05) is 0 Å². The topological polar surface area (TPSA) is 17.1 Å². The van der Waals surface area contributed by atoms with Crippen molar-refractivity contribution in [3.63, 3.8) is 0 Å². The SMILES string of the molecule is CC(=O)/C=C/C(C)[S+]1CCCC1. The fraction of sp³-hybridized carbons (Fsp3) is 0.700. The fourth-order valence-electron chi connectivity index (χ4n) is 1.43. The highest BCUT2D eigenvalue weighted by Gasteiger charge is 2.28. The molecule has 0 aromatic carbocycles. The van der Waals surface area contributed by atoms with Crippen LogP contribution in [0, 0.1) is 0 Å². The molecule has 1 heterocycles. The van der Waals surface area contributed by atoms with E-state index in [1.165, 1.54) is 24.3 Å². The first-order valence-corrected chi connectivity index (χ1v) is 6.18. The average Bonchev–Trinajstić information content (AvgIpc) is 2.51. The molecule has 0 aromatic heterocycles. The first-order chi connectivity index (χ1) is 5.70. The van der Waals surface area contributed by atoms with Crippen LogP contribution in [0.25, 0.3) is 0 Å². The van der Waals surface area contributed by atoms with Gasteiger partial charge in [-0.1, -0.05) is 0 Å². The molecule has 1 atom stereocenters. The van der Waals surface area contributed by atoms with Crippen LogP contribution in [-0.4, -0.2) is 22.5 Å². The van der Waals surface area contributed by atoms with Gasteiger partial charge in [0.25, 0.3) is 0 Å². The summed E-state index contributed by atoms with van der Waals surface area (Å²) in [5.74, 6) is 2.93. The smallest absolute Gasteiger partial charge is 0.152 e. The minimum Gasteiger partial charge on any atom is -0.295 e. The molecule has 0 aromatic rings. The Morgan fingerprint density at radius 2 is 2.00 bits per heavy atom. The molecule has 0 aliphatic carbocycles. The zero-order valence-corrected chi connectivity index (χ0v) is 8.69. The Morgan fingerprint density at radius 1 is 1.42 bits per heavy atom. The molecular weight excluding hydrogens is 168 g/mol. The maximum atomic E-state index is 10.7. The standard InChI is InChI=1S/C10H17OS/c1-9(11)5-6-10(2)12-7-3-4-8-12/h5-6,10H,3-4,7-8H2,1-2H3/q+1/b6-5+. The van der Waals surface area contributed by atoms with E-state index >= 15 is 0 Å². The monoisotopic (exact) mass is 185 g/mol. The van der Waals surface area contributed by atoms with Crippen molar-refractivity contribution in [1.82, 2.24) is 0 Å². The van der Waals surface area contributed by atoms with Crippen LogP contribution >= 0.6 is 0 Å². The Morgan fingerprint density at radius 3 is 2.50 bits per heavy atom. The lowest BCUT2D eigenvalue weighted by Crippen LogP contribution is -2.17. The van der Waals surface area contributed by atoms with Gasteiger partial charge in [0.05, 0.1) is 0 Å². The largest absolute Gasteiger partial charge is 0.295 e. The van der Waals surface area contributed by atoms with Gasteiger partial charge in [0, 0.05) is 0 Å². The molecule has 1 nitrogen and oxygen atoms in total. The molecule has 1 unspecified atom stereocenters. The first-order valence-electron chi connectivity index (χ1n) is 4.55. The summed E-state index contributed by atoms with van der Waals surface area (Å²) in [5.41, 5.74) is 0. The lowest BCUT2D eigenvalue weighted by molar-refractivity contribution is -0.112. The van der Waals surface area contributed by atoms with Gasteiger partial charge in [-0.2, -0.15) is 0 Å². The average molecular weight is 185 g/mol. The van der Waals surface area contributed by atoms with Crippen LogP contribution in [0.1, 0.15) is 26.7 Å². The van der Waals surface area contributed by atoms with Gasteiger partial charge in [0.15, 0.2) is 5.78 Å². The minimum absolute atomic E-state index is 0.171. The summed E-state index contributed by atoms with van der Waals surface area (Å²) in [5, 5.41) is 0.622. The van der Waals surface area contributed by atoms with Gasteiger partial charge in [-0.05, 0) is 49.7 Å². The molecule has 68 valence electrons. The second-order valence-electron chi connectivity index (χ2n) is 3.33. The molecule has 0 N–H and O–H groups in total. The molecule has 0 bridgehead atoms. The van der Waals surface area contributed by atoms with E-state index in [1.54, 1.807) is 13.0 Å². The van der Waals surface area contributed by atoms with Gasteiger partial charge in [0.2, 0.25) is 0 Å². The molecule has 2 heteroatoms. The van der Waals surface area contributed by atoms with Crippen LogP contribution in [0.4, 0.5) is 0 Å². The third-order valence-electron chi connectivity index (χ3n) is 2.19. The van der Waals surface area contributed by atoms with Crippen LogP contribution in [-0.2, 0) is 15.7 Å². The van der Waals surface area contributed by atoms with Crippen molar-refractivity contribution in [2.24, 2.45) is 0 Å². The summed E-state index contributed by atoms with van der Waals surface area (Å²) >= 11 is 0. The minimum atomic E-state index is 0.171. The Balaban J connectivity index is 2.36. The van der Waals surface area contributed by atoms with Crippen molar-refractivity contribution < 1.29 is 4.79 Å². The number of hydrogen-bond acceptors (Lipinski definition) is 1. The molecule has 0 radical (unpaired) electrons. The lowest BCUT2D eigenvalue weighted by atomic mass is 10.3. The van der Waals surface area contributed by atoms with Crippen LogP contribution in [0.3, 0.4) is 0 Å². The second kappa shape index (κ2) is 4.70. The maximum Gasteiger partial charge on any atom is 0.152 e. The van der Waals surface area contributed by atoms with Gasteiger partial charge in [-0.15, -0.1) is 0 Å². The quantitative estimate of drug-likeness (QED) is 0.485. The van der Waals surface area contributed by atoms with Crippen molar-refractivity contribution in [2.75, 3.05) is 11.5 Å². The van der Waals surface area contributed by atoms with Gasteiger partial charge < -0.3 is 0 Å². The Labute approximate surface area is 77.6 Å². The predicted molar refractivity (Wildman–Crippen MR) is 55.6 cm³/mol. The number of carbonyl (C=O) groups excluding carboxylic acids is 1. The third-order valence-corrected chi connectivity index (χ3v) is 5.03. The van der Waals surface area contributed by atoms with Crippen molar-refractivity contribution in [2.45, 2.75) is 31.9 Å². The second-order valence-corrected chi connectivity index (χ2v) is 5.96. The van der Waals surface area contributed by atoms with Gasteiger partial charge in [-0.25, -0.2) is 0 Å². The molecule has 0 saturated carbocycles. The van der Waals surface area contributed by atoms with E-state index in [0.717, 1.165) is 0 Å². The maximum absolute atomic E-state index is 10.7. The van der Waals surface area contributed by atoms with Crippen LogP contribution in [0.5, 0.6) is 0 Å². The van der Waals surface area contributed by atoms with E-state index in [9.17, 15) is 4.79 Å². The van der Waals surface area contributed by atoms with E-state index in [4.69, 9.17) is 0 Å². The summed E-state index contributed by atoms with van der Waals surface area (Å²) in [7, 11) is 0.572. The molecule has 0 spiro atoms. The van der Waals surface area contributed by atoms with E-state index in [2.05, 4.69) is 13.0 Å². The highest BCUT2D eigenvalue weighted by Crippen LogP contribution is 2.18. The molecule has 1 rings (SSSR count). The van der Waals surface area contributed by atoms with Crippen LogP contribution in [0.15, 0.2) is 12.2 Å². The highest BCUT2D eigenvalue weighted by molar-refractivity contribution is 7.97. The Bertz CT molecular complexity index is 180. The van der Waals surface area contributed by atoms with E-state index in [0.29, 0.717) is 16.1 Å². The molecule has 12 heavy (non-hydrogen) atoms. The molecule has 1 aliphatic rings. The van der Waals surface area contributed by atoms with E-state index < -0.39 is 0 Å². The predicted octanol–water partition coefficient (Wildman–Crippen LogP) is 1.93. The van der Waals surface area contributed by atoms with Crippen molar-refractivity contribution in [1.29, 1.82) is 0 Å². The first kappa shape index (κ1) is 9.85. The molecule has 1 saturated heterocycles. The zero-order chi connectivity index (χ0) is 8.97. The highest BCUT2D eigenvalue weighted by atomic mass is 32.2. The fourth-order valence-corrected chi connectivity index (χ4v) is 3.83. The third kappa shape index (κ3) is 3.02. The van der Waals surface area contributed by atoms with Gasteiger partial charge in [-0.3, -0.25) is 4.79 Å². The summed E-state index contributed by atoms with van der Waals surface area (Å²) in [6, 6.07) is 0. The van der Waals surface area contributed by atoms with Crippen molar-refractivity contribution >= 4 is 16.7 Å². The molecule has 1 fully saturated rings. The number of hydrogen-bond donors (Lipinski definition) is 0. The van der Waals surface area contributed by atoms with Crippen molar-refractivity contribution in [3.05, 3.63) is 12.2 Å². The molecular formula is C10H17OS+. The van der Waals surface area contributed by atoms with E-state index in [-0.39, 0.29) is 5.78 Å². The summed E-state index contributed by atoms with van der Waals surface area (Å²) in [6.07, 6.45) is 6.58. The van der Waals surface area contributed by atoms with Crippen LogP contribution < -0.4 is 0 Å². The number of allylic oxidation sites excluding steroid dienone is 1. The Kier molecular flexibility index (Phi) is 3.86. The zero-order valence-electron chi connectivity index (χ0n) is 7.88. The lowest BCUT2D eigenvalue weighted by Gasteiger charge is -2.04. The van der Waals surface area contributed by atoms with Crippen LogP contribution in [0.2, 0.25) is 0 Å². The molecule has 0 amide bonds. The number of carbonyl (C=O) groups is 1. The Hall–Kier alpha value is -0.240. The number of rotatable bonds is 3. The summed E-state index contributed by atoms with van der Waals surface area (Å²) < 4.78 is 0.